The standard InChI is InChI=1S/C21H25N7O3/c1-12-7-8-21(12,20-24-25-26-27(20)2)22-10-13-3-4-15-14(9-13)11-28(19(15)31)16-5-6-17(29)23-18(16)30/h3-4,9,12,16,22H,5-8,10-11H2,1-2H3,(H,23,29,30). The van der Waals surface area contributed by atoms with Gasteiger partial charge >= 0.3 is 0 Å². The number of aromatic nitrogens is 4. The van der Waals surface area contributed by atoms with Gasteiger partial charge in [-0.25, -0.2) is 4.68 Å². The van der Waals surface area contributed by atoms with E-state index in [-0.39, 0.29) is 23.8 Å². The molecule has 1 aliphatic carbocycles. The van der Waals surface area contributed by atoms with Gasteiger partial charge in [-0.15, -0.1) is 5.10 Å². The SMILES string of the molecule is CC1CCC1(NCc1ccc2c(c1)CN(C1CCC(=O)NC1=O)C2=O)c1nnnn1C. The number of hydrogen-bond acceptors (Lipinski definition) is 7. The Bertz CT molecular complexity index is 1080. The minimum atomic E-state index is -0.596. The topological polar surface area (TPSA) is 122 Å². The quantitative estimate of drug-likeness (QED) is 0.667. The molecule has 3 atom stereocenters. The molecule has 3 amide bonds. The Morgan fingerprint density at radius 2 is 2.10 bits per heavy atom. The maximum Gasteiger partial charge on any atom is 0.255 e. The minimum absolute atomic E-state index is 0.154. The third kappa shape index (κ3) is 3.13. The van der Waals surface area contributed by atoms with Crippen LogP contribution in [0.15, 0.2) is 18.2 Å². The fourth-order valence-electron chi connectivity index (χ4n) is 5.00. The number of benzene rings is 1. The molecule has 1 aromatic carbocycles. The highest BCUT2D eigenvalue weighted by molar-refractivity contribution is 6.05. The van der Waals surface area contributed by atoms with E-state index in [1.807, 2.05) is 25.2 Å². The van der Waals surface area contributed by atoms with Crippen LogP contribution in [0.3, 0.4) is 0 Å². The number of amides is 3. The molecule has 0 radical (unpaired) electrons. The Kier molecular flexibility index (Phi) is 4.62. The van der Waals surface area contributed by atoms with E-state index in [1.54, 1.807) is 9.58 Å². The van der Waals surface area contributed by atoms with E-state index in [2.05, 4.69) is 33.1 Å². The van der Waals surface area contributed by atoms with Crippen molar-refractivity contribution in [2.45, 2.75) is 57.3 Å². The van der Waals surface area contributed by atoms with Gasteiger partial charge in [0.25, 0.3) is 5.91 Å². The van der Waals surface area contributed by atoms with Gasteiger partial charge in [0.2, 0.25) is 11.8 Å². The lowest BCUT2D eigenvalue weighted by molar-refractivity contribution is -0.136. The Morgan fingerprint density at radius 3 is 2.74 bits per heavy atom. The van der Waals surface area contributed by atoms with Crippen LogP contribution in [0.25, 0.3) is 0 Å². The number of nitrogens with one attached hydrogen (secondary N) is 2. The second kappa shape index (κ2) is 7.23. The molecular formula is C21H25N7O3. The van der Waals surface area contributed by atoms with Crippen LogP contribution >= 0.6 is 0 Å². The summed E-state index contributed by atoms with van der Waals surface area (Å²) < 4.78 is 1.72. The Morgan fingerprint density at radius 1 is 1.26 bits per heavy atom. The monoisotopic (exact) mass is 423 g/mol. The largest absolute Gasteiger partial charge is 0.322 e. The van der Waals surface area contributed by atoms with E-state index < -0.39 is 11.9 Å². The number of rotatable bonds is 5. The molecule has 2 aliphatic heterocycles. The molecular weight excluding hydrogens is 398 g/mol. The van der Waals surface area contributed by atoms with Gasteiger partial charge in [0, 0.05) is 32.1 Å². The van der Waals surface area contributed by atoms with E-state index in [4.69, 9.17) is 0 Å². The lowest BCUT2D eigenvalue weighted by Crippen LogP contribution is -2.55. The molecule has 0 spiro atoms. The number of carbonyl (C=O) groups is 3. The molecule has 3 heterocycles. The molecule has 162 valence electrons. The van der Waals surface area contributed by atoms with Crippen LogP contribution in [0.2, 0.25) is 0 Å². The van der Waals surface area contributed by atoms with E-state index in [0.717, 1.165) is 29.8 Å². The van der Waals surface area contributed by atoms with Crippen LogP contribution in [-0.4, -0.2) is 48.9 Å². The first kappa shape index (κ1) is 19.8. The lowest BCUT2D eigenvalue weighted by Gasteiger charge is -2.47. The normalized spacial score (nSPS) is 27.8. The second-order valence-corrected chi connectivity index (χ2v) is 8.78. The molecule has 2 fully saturated rings. The highest BCUT2D eigenvalue weighted by Gasteiger charge is 2.48. The predicted octanol–water partition coefficient (Wildman–Crippen LogP) is 0.386. The van der Waals surface area contributed by atoms with Crippen molar-refractivity contribution in [2.24, 2.45) is 13.0 Å². The third-order valence-electron chi connectivity index (χ3n) is 7.03. The summed E-state index contributed by atoms with van der Waals surface area (Å²) >= 11 is 0. The highest BCUT2D eigenvalue weighted by atomic mass is 16.2. The van der Waals surface area contributed by atoms with Crippen molar-refractivity contribution in [3.63, 3.8) is 0 Å². The van der Waals surface area contributed by atoms with Crippen molar-refractivity contribution >= 4 is 17.7 Å². The van der Waals surface area contributed by atoms with Crippen molar-refractivity contribution < 1.29 is 14.4 Å². The van der Waals surface area contributed by atoms with Crippen LogP contribution < -0.4 is 10.6 Å². The molecule has 10 heteroatoms. The number of imide groups is 1. The summed E-state index contributed by atoms with van der Waals surface area (Å²) in [5, 5.41) is 18.0. The summed E-state index contributed by atoms with van der Waals surface area (Å²) in [5.41, 5.74) is 2.33. The summed E-state index contributed by atoms with van der Waals surface area (Å²) in [6, 6.07) is 5.21. The van der Waals surface area contributed by atoms with Gasteiger partial charge < -0.3 is 10.2 Å². The number of nitrogens with zero attached hydrogens (tertiary/aromatic N) is 5. The Labute approximate surface area is 179 Å². The summed E-state index contributed by atoms with van der Waals surface area (Å²) in [5.74, 6) is 0.426. The van der Waals surface area contributed by atoms with Crippen LogP contribution in [0.4, 0.5) is 0 Å². The number of aryl methyl sites for hydroxylation is 1. The average Bonchev–Trinajstić information content (AvgIpc) is 3.31. The van der Waals surface area contributed by atoms with Crippen molar-refractivity contribution in [1.82, 2.24) is 35.7 Å². The molecule has 1 saturated heterocycles. The zero-order chi connectivity index (χ0) is 21.8. The van der Waals surface area contributed by atoms with E-state index >= 15 is 0 Å². The van der Waals surface area contributed by atoms with Crippen LogP contribution in [0.1, 0.15) is 59.9 Å². The number of carbonyl (C=O) groups excluding carboxylic acids is 3. The molecule has 1 saturated carbocycles. The fourth-order valence-corrected chi connectivity index (χ4v) is 5.00. The molecule has 2 N–H and O–H groups in total. The van der Waals surface area contributed by atoms with Gasteiger partial charge in [-0.3, -0.25) is 19.7 Å². The molecule has 3 aliphatic rings. The highest BCUT2D eigenvalue weighted by Crippen LogP contribution is 2.45. The first-order chi connectivity index (χ1) is 14.9. The molecule has 3 unspecified atom stereocenters. The average molecular weight is 423 g/mol. The van der Waals surface area contributed by atoms with Gasteiger partial charge in [0.1, 0.15) is 6.04 Å². The molecule has 10 nitrogen and oxygen atoms in total. The van der Waals surface area contributed by atoms with Gasteiger partial charge in [-0.1, -0.05) is 19.1 Å². The number of tetrazole rings is 1. The van der Waals surface area contributed by atoms with Crippen molar-refractivity contribution in [3.05, 3.63) is 40.7 Å². The Balaban J connectivity index is 1.32. The number of fused-ring (bicyclic) bond motifs is 1. The van der Waals surface area contributed by atoms with Crippen LogP contribution in [-0.2, 0) is 35.3 Å². The van der Waals surface area contributed by atoms with Gasteiger partial charge in [0.05, 0.1) is 5.54 Å². The first-order valence-corrected chi connectivity index (χ1v) is 10.6. The van der Waals surface area contributed by atoms with Gasteiger partial charge in [0.15, 0.2) is 5.82 Å². The molecule has 1 aromatic heterocycles. The summed E-state index contributed by atoms with van der Waals surface area (Å²) in [4.78, 5) is 38.1. The fraction of sp³-hybridized carbons (Fsp3) is 0.524. The van der Waals surface area contributed by atoms with Crippen molar-refractivity contribution in [3.8, 4) is 0 Å². The minimum Gasteiger partial charge on any atom is -0.322 e. The predicted molar refractivity (Wildman–Crippen MR) is 108 cm³/mol. The number of hydrogen-bond donors (Lipinski definition) is 2. The summed E-state index contributed by atoms with van der Waals surface area (Å²) in [6.07, 6.45) is 2.70. The molecule has 31 heavy (non-hydrogen) atoms. The molecule has 0 bridgehead atoms. The summed E-state index contributed by atoms with van der Waals surface area (Å²) in [7, 11) is 1.86. The lowest BCUT2D eigenvalue weighted by atomic mass is 9.66. The molecule has 2 aromatic rings. The van der Waals surface area contributed by atoms with E-state index in [9.17, 15) is 14.4 Å². The van der Waals surface area contributed by atoms with Crippen molar-refractivity contribution in [1.29, 1.82) is 0 Å². The van der Waals surface area contributed by atoms with Gasteiger partial charge in [-0.05, 0) is 52.8 Å². The first-order valence-electron chi connectivity index (χ1n) is 10.6. The maximum absolute atomic E-state index is 12.9. The van der Waals surface area contributed by atoms with E-state index in [0.29, 0.717) is 31.0 Å². The zero-order valence-electron chi connectivity index (χ0n) is 17.6. The molecule has 5 rings (SSSR count). The zero-order valence-corrected chi connectivity index (χ0v) is 17.6. The third-order valence-corrected chi connectivity index (χ3v) is 7.03. The summed E-state index contributed by atoms with van der Waals surface area (Å²) in [6.45, 7) is 3.20. The van der Waals surface area contributed by atoms with E-state index in [1.165, 1.54) is 0 Å². The Hall–Kier alpha value is -3.14. The second-order valence-electron chi connectivity index (χ2n) is 8.78. The maximum atomic E-state index is 12.9. The van der Waals surface area contributed by atoms with Crippen LogP contribution in [0, 0.1) is 5.92 Å². The number of piperidine rings is 1. The smallest absolute Gasteiger partial charge is 0.255 e. The van der Waals surface area contributed by atoms with Crippen LogP contribution in [0.5, 0.6) is 0 Å². The van der Waals surface area contributed by atoms with Crippen molar-refractivity contribution in [2.75, 3.05) is 0 Å². The van der Waals surface area contributed by atoms with Gasteiger partial charge in [-0.2, -0.15) is 0 Å².